The number of rotatable bonds is 9. The van der Waals surface area contributed by atoms with Crippen LogP contribution < -0.4 is 14.8 Å². The number of carbonyl (C=O) groups is 2. The summed E-state index contributed by atoms with van der Waals surface area (Å²) in [6.45, 7) is 1.85. The molecule has 0 spiro atoms. The minimum atomic E-state index is -0.378. The number of ketones is 1. The van der Waals surface area contributed by atoms with E-state index in [-0.39, 0.29) is 23.0 Å². The van der Waals surface area contributed by atoms with Gasteiger partial charge in [0.15, 0.2) is 17.3 Å². The van der Waals surface area contributed by atoms with E-state index in [2.05, 4.69) is 5.32 Å². The van der Waals surface area contributed by atoms with E-state index in [0.29, 0.717) is 36.5 Å². The van der Waals surface area contributed by atoms with Crippen molar-refractivity contribution < 1.29 is 23.5 Å². The maximum absolute atomic E-state index is 13.2. The lowest BCUT2D eigenvalue weighted by atomic mass is 9.71. The monoisotopic (exact) mass is 399 g/mol. The van der Waals surface area contributed by atoms with Gasteiger partial charge in [-0.05, 0) is 68.5 Å². The number of methoxy groups -OCH3 is 1. The van der Waals surface area contributed by atoms with Crippen molar-refractivity contribution in [1.29, 1.82) is 0 Å². The Balaban J connectivity index is 1.50. The van der Waals surface area contributed by atoms with Gasteiger partial charge in [-0.2, -0.15) is 0 Å². The van der Waals surface area contributed by atoms with Crippen molar-refractivity contribution in [1.82, 2.24) is 5.32 Å². The highest BCUT2D eigenvalue weighted by atomic mass is 19.1. The van der Waals surface area contributed by atoms with E-state index < -0.39 is 0 Å². The predicted octanol–water partition coefficient (Wildman–Crippen LogP) is 4.39. The average Bonchev–Trinajstić information content (AvgIpc) is 2.68. The summed E-state index contributed by atoms with van der Waals surface area (Å²) in [6.07, 6.45) is 3.64. The standard InChI is InChI=1S/C23H26FNO4/c1-16(26)17-6-11-20(21(15-17)28-2)29-14-3-5-22(27)25-23(12-4-13-23)18-7-9-19(24)10-8-18/h6-11,15H,3-5,12-14H2,1-2H3,(H,25,27). The molecule has 1 amide bonds. The van der Waals surface area contributed by atoms with Gasteiger partial charge in [-0.15, -0.1) is 0 Å². The minimum absolute atomic E-state index is 0.0439. The zero-order valence-electron chi connectivity index (χ0n) is 16.8. The van der Waals surface area contributed by atoms with Gasteiger partial charge in [0.2, 0.25) is 5.91 Å². The first-order valence-electron chi connectivity index (χ1n) is 9.82. The topological polar surface area (TPSA) is 64.6 Å². The molecule has 6 heteroatoms. The van der Waals surface area contributed by atoms with E-state index in [0.717, 1.165) is 24.8 Å². The van der Waals surface area contributed by atoms with Gasteiger partial charge < -0.3 is 14.8 Å². The van der Waals surface area contributed by atoms with Gasteiger partial charge >= 0.3 is 0 Å². The number of nitrogens with one attached hydrogen (secondary N) is 1. The number of carbonyl (C=O) groups excluding carboxylic acids is 2. The highest BCUT2D eigenvalue weighted by molar-refractivity contribution is 5.94. The van der Waals surface area contributed by atoms with E-state index in [1.165, 1.54) is 26.2 Å². The Morgan fingerprint density at radius 2 is 1.83 bits per heavy atom. The second-order valence-corrected chi connectivity index (χ2v) is 7.36. The molecule has 1 N–H and O–H groups in total. The van der Waals surface area contributed by atoms with Crippen molar-refractivity contribution in [2.45, 2.75) is 44.6 Å². The Kier molecular flexibility index (Phi) is 6.52. The number of halogens is 1. The number of amides is 1. The summed E-state index contributed by atoms with van der Waals surface area (Å²) in [5.74, 6) is 0.666. The number of hydrogen-bond donors (Lipinski definition) is 1. The number of benzene rings is 2. The maximum atomic E-state index is 13.2. The van der Waals surface area contributed by atoms with Crippen LogP contribution in [0.5, 0.6) is 11.5 Å². The summed E-state index contributed by atoms with van der Waals surface area (Å²) >= 11 is 0. The molecule has 2 aromatic carbocycles. The smallest absolute Gasteiger partial charge is 0.220 e. The minimum Gasteiger partial charge on any atom is -0.493 e. The van der Waals surface area contributed by atoms with Gasteiger partial charge in [-0.1, -0.05) is 12.1 Å². The molecule has 0 bridgehead atoms. The van der Waals surface area contributed by atoms with Crippen LogP contribution in [0.25, 0.3) is 0 Å². The Morgan fingerprint density at radius 3 is 2.41 bits per heavy atom. The van der Waals surface area contributed by atoms with Gasteiger partial charge in [-0.3, -0.25) is 9.59 Å². The van der Waals surface area contributed by atoms with Gasteiger partial charge in [0.25, 0.3) is 0 Å². The Bertz CT molecular complexity index is 875. The van der Waals surface area contributed by atoms with Crippen molar-refractivity contribution in [3.63, 3.8) is 0 Å². The van der Waals surface area contributed by atoms with Crippen molar-refractivity contribution in [3.05, 3.63) is 59.4 Å². The maximum Gasteiger partial charge on any atom is 0.220 e. The van der Waals surface area contributed by atoms with Crippen LogP contribution in [0.3, 0.4) is 0 Å². The first kappa shape index (κ1) is 20.8. The molecule has 0 aliphatic heterocycles. The third-order valence-electron chi connectivity index (χ3n) is 5.36. The first-order valence-corrected chi connectivity index (χ1v) is 9.82. The third-order valence-corrected chi connectivity index (χ3v) is 5.36. The van der Waals surface area contributed by atoms with E-state index >= 15 is 0 Å². The van der Waals surface area contributed by atoms with Crippen LogP contribution in [0, 0.1) is 5.82 Å². The molecular formula is C23H26FNO4. The fourth-order valence-corrected chi connectivity index (χ4v) is 3.54. The van der Waals surface area contributed by atoms with Gasteiger partial charge in [-0.25, -0.2) is 4.39 Å². The van der Waals surface area contributed by atoms with Crippen LogP contribution in [-0.4, -0.2) is 25.4 Å². The van der Waals surface area contributed by atoms with E-state index in [9.17, 15) is 14.0 Å². The third kappa shape index (κ3) is 4.94. The number of ether oxygens (including phenoxy) is 2. The molecule has 0 atom stereocenters. The van der Waals surface area contributed by atoms with Crippen molar-refractivity contribution in [2.75, 3.05) is 13.7 Å². The van der Waals surface area contributed by atoms with Crippen molar-refractivity contribution >= 4 is 11.7 Å². The highest BCUT2D eigenvalue weighted by Gasteiger charge is 2.39. The molecule has 0 aromatic heterocycles. The first-order chi connectivity index (χ1) is 13.9. The Hall–Kier alpha value is -2.89. The summed E-state index contributed by atoms with van der Waals surface area (Å²) in [5.41, 5.74) is 1.13. The quantitative estimate of drug-likeness (QED) is 0.502. The van der Waals surface area contributed by atoms with E-state index in [4.69, 9.17) is 9.47 Å². The summed E-state index contributed by atoms with van der Waals surface area (Å²) in [5, 5.41) is 3.13. The molecule has 0 heterocycles. The molecule has 1 saturated carbocycles. The summed E-state index contributed by atoms with van der Waals surface area (Å²) < 4.78 is 24.2. The highest BCUT2D eigenvalue weighted by Crippen LogP contribution is 2.41. The molecule has 1 aliphatic rings. The molecular weight excluding hydrogens is 373 g/mol. The molecule has 1 fully saturated rings. The SMILES string of the molecule is COc1cc(C(C)=O)ccc1OCCCC(=O)NC1(c2ccc(F)cc2)CCC1. The largest absolute Gasteiger partial charge is 0.493 e. The van der Waals surface area contributed by atoms with Crippen molar-refractivity contribution in [2.24, 2.45) is 0 Å². The fourth-order valence-electron chi connectivity index (χ4n) is 3.54. The van der Waals surface area contributed by atoms with Crippen LogP contribution in [0.4, 0.5) is 4.39 Å². The van der Waals surface area contributed by atoms with Crippen LogP contribution in [-0.2, 0) is 10.3 Å². The predicted molar refractivity (Wildman–Crippen MR) is 108 cm³/mol. The van der Waals surface area contributed by atoms with E-state index in [1.54, 1.807) is 30.3 Å². The lowest BCUT2D eigenvalue weighted by Crippen LogP contribution is -2.50. The fraction of sp³-hybridized carbons (Fsp3) is 0.391. The lowest BCUT2D eigenvalue weighted by molar-refractivity contribution is -0.124. The van der Waals surface area contributed by atoms with Crippen molar-refractivity contribution in [3.8, 4) is 11.5 Å². The van der Waals surface area contributed by atoms with Gasteiger partial charge in [0.1, 0.15) is 5.82 Å². The van der Waals surface area contributed by atoms with Gasteiger partial charge in [0.05, 0.1) is 19.3 Å². The number of Topliss-reactive ketones (excluding diaryl/α,β-unsaturated/α-hetero) is 1. The summed E-state index contributed by atoms with van der Waals surface area (Å²) in [4.78, 5) is 23.9. The second-order valence-electron chi connectivity index (χ2n) is 7.36. The molecule has 1 aliphatic carbocycles. The molecule has 2 aromatic rings. The molecule has 5 nitrogen and oxygen atoms in total. The molecule has 29 heavy (non-hydrogen) atoms. The molecule has 0 unspecified atom stereocenters. The second kappa shape index (κ2) is 9.07. The Morgan fingerprint density at radius 1 is 1.10 bits per heavy atom. The molecule has 0 radical (unpaired) electrons. The van der Waals surface area contributed by atoms with Gasteiger partial charge in [0, 0.05) is 12.0 Å². The molecule has 154 valence electrons. The van der Waals surface area contributed by atoms with Crippen LogP contribution in [0.1, 0.15) is 54.9 Å². The summed E-state index contributed by atoms with van der Waals surface area (Å²) in [6, 6.07) is 11.4. The average molecular weight is 399 g/mol. The van der Waals surface area contributed by atoms with E-state index in [1.807, 2.05) is 0 Å². The zero-order chi connectivity index (χ0) is 20.9. The summed E-state index contributed by atoms with van der Waals surface area (Å²) in [7, 11) is 1.52. The Labute approximate surface area is 170 Å². The van der Waals surface area contributed by atoms with Crippen LogP contribution in [0.2, 0.25) is 0 Å². The normalized spacial score (nSPS) is 14.6. The zero-order valence-corrected chi connectivity index (χ0v) is 16.8. The molecule has 0 saturated heterocycles. The lowest BCUT2D eigenvalue weighted by Gasteiger charge is -2.43. The number of hydrogen-bond acceptors (Lipinski definition) is 4. The van der Waals surface area contributed by atoms with Crippen LogP contribution >= 0.6 is 0 Å². The molecule has 3 rings (SSSR count). The van der Waals surface area contributed by atoms with Crippen LogP contribution in [0.15, 0.2) is 42.5 Å².